The van der Waals surface area contributed by atoms with Gasteiger partial charge >= 0.3 is 92.2 Å². The molecular weight excluding hydrogens is 473 g/mol. The average molecular weight is 486 g/mol. The summed E-state index contributed by atoms with van der Waals surface area (Å²) in [6, 6.07) is 0. The van der Waals surface area contributed by atoms with Crippen molar-refractivity contribution < 1.29 is 27.7 Å². The SMILES string of the molecule is C=CC1OCC2(CO1)CO[CH]([Cf]=[C](F)F)OC2. The van der Waals surface area contributed by atoms with Crippen molar-refractivity contribution in [2.24, 2.45) is 5.41 Å². The molecule has 2 fully saturated rings. The maximum atomic E-state index is 12.1. The van der Waals surface area contributed by atoms with Gasteiger partial charge in [-0.05, 0) is 0 Å². The fourth-order valence-electron chi connectivity index (χ4n) is 1.58. The van der Waals surface area contributed by atoms with Crippen LogP contribution in [0.3, 0.4) is 0 Å². The summed E-state index contributed by atoms with van der Waals surface area (Å²) in [4.78, 5) is 0. The molecule has 2 aliphatic heterocycles. The van der Waals surface area contributed by atoms with Crippen LogP contribution in [0.1, 0.15) is 0 Å². The number of halogens is 2. The van der Waals surface area contributed by atoms with E-state index < -0.39 is 20.0 Å². The Morgan fingerprint density at radius 3 is 2.12 bits per heavy atom. The molecule has 0 unspecified atom stereocenters. The fourth-order valence-corrected chi connectivity index (χ4v) is 2.93. The Balaban J connectivity index is 1.86. The summed E-state index contributed by atoms with van der Waals surface area (Å²) in [5.74, 6) is 0. The molecule has 2 saturated heterocycles. The molecule has 0 aliphatic carbocycles. The third kappa shape index (κ3) is 2.71. The summed E-state index contributed by atoms with van der Waals surface area (Å²) < 4.78 is 43.8. The second kappa shape index (κ2) is 4.67. The van der Waals surface area contributed by atoms with E-state index in [1.807, 2.05) is 0 Å². The van der Waals surface area contributed by atoms with Crippen molar-refractivity contribution in [1.29, 1.82) is 0 Å². The van der Waals surface area contributed by atoms with Gasteiger partial charge in [0.05, 0.1) is 0 Å². The first-order valence-corrected chi connectivity index (χ1v) is 7.81. The van der Waals surface area contributed by atoms with Gasteiger partial charge in [0.1, 0.15) is 0 Å². The van der Waals surface area contributed by atoms with Gasteiger partial charge in [0.25, 0.3) is 0 Å². The Labute approximate surface area is 93.1 Å². The summed E-state index contributed by atoms with van der Waals surface area (Å²) >= 11 is 0. The van der Waals surface area contributed by atoms with Crippen LogP contribution in [0, 0.1) is 5.41 Å². The molecule has 0 aromatic rings. The molecule has 0 amide bonds. The van der Waals surface area contributed by atoms with E-state index in [0.717, 1.165) is 0 Å². The van der Waals surface area contributed by atoms with Crippen molar-refractivity contribution in [3.63, 3.8) is 0 Å². The van der Waals surface area contributed by atoms with Crippen molar-refractivity contribution >= 4 is 6.93 Å². The first-order valence-electron chi connectivity index (χ1n) is 4.97. The predicted octanol–water partition coefficient (Wildman–Crippen LogP) is 0.974. The maximum absolute atomic E-state index is 12.1. The molecule has 0 saturated carbocycles. The molecule has 1 spiro atoms. The van der Waals surface area contributed by atoms with Crippen LogP contribution in [-0.4, -0.2) is 46.4 Å². The average Bonchev–Trinajstić information content (AvgIpc) is 2.33. The molecule has 101 valence electrons. The van der Waals surface area contributed by atoms with Crippen LogP contribution in [0.4, 0.5) is 8.78 Å². The van der Waals surface area contributed by atoms with Crippen molar-refractivity contribution in [1.82, 2.24) is 0 Å². The summed E-state index contributed by atoms with van der Waals surface area (Å²) in [5.41, 5.74) is -0.362. The standard InChI is InChI=1S/C9H13O4.CF2.Cf/c1-2-8-12-5-9(6-13-8)3-10-7-11-4-9;2-1-3;/h2,7-8H,1,3-6H2;;. The summed E-state index contributed by atoms with van der Waals surface area (Å²) in [5, 5.41) is 0. The first-order chi connectivity index (χ1) is 8.13. The van der Waals surface area contributed by atoms with Gasteiger partial charge in [0.2, 0.25) is 0 Å². The molecular formula is C10H13CfF2O4. The monoisotopic (exact) mass is 484 g/mol. The van der Waals surface area contributed by atoms with Gasteiger partial charge in [-0.25, -0.2) is 0 Å². The normalized spacial score (nSPS) is 37.5. The number of rotatable bonds is 2. The van der Waals surface area contributed by atoms with Crippen LogP contribution in [0.5, 0.6) is 0 Å². The molecule has 0 bridgehead atoms. The van der Waals surface area contributed by atoms with E-state index in [1.54, 1.807) is 6.08 Å². The molecule has 0 radical (unpaired) electrons. The second-order valence-electron chi connectivity index (χ2n) is 3.88. The quantitative estimate of drug-likeness (QED) is 0.546. The fraction of sp³-hybridized carbons (Fsp3) is 0.700. The van der Waals surface area contributed by atoms with Crippen molar-refractivity contribution in [2.75, 3.05) is 26.4 Å². The Morgan fingerprint density at radius 1 is 1.12 bits per heavy atom. The second-order valence-corrected chi connectivity index (χ2v) is 6.87. The van der Waals surface area contributed by atoms with E-state index in [9.17, 15) is 8.78 Å². The molecule has 7 heteroatoms. The van der Waals surface area contributed by atoms with Crippen LogP contribution >= 0.6 is 0 Å². The zero-order valence-corrected chi connectivity index (χ0v) is 11.6. The van der Waals surface area contributed by atoms with E-state index in [1.165, 1.54) is 0 Å². The van der Waals surface area contributed by atoms with E-state index in [4.69, 9.17) is 18.9 Å². The van der Waals surface area contributed by atoms with Crippen molar-refractivity contribution in [3.05, 3.63) is 12.7 Å². The minimum absolute atomic E-state index is 0.337. The Hall–Kier alpha value is -1.69. The van der Waals surface area contributed by atoms with Gasteiger partial charge in [0, 0.05) is 0 Å². The van der Waals surface area contributed by atoms with Crippen LogP contribution in [-0.2, 0) is 18.9 Å². The number of hydrogen-bond acceptors (Lipinski definition) is 4. The molecule has 2 aliphatic rings. The number of ether oxygens (including phenoxy) is 4. The zero-order valence-electron chi connectivity index (χ0n) is 8.97. The van der Waals surface area contributed by atoms with E-state index in [0.29, 0.717) is 26.4 Å². The minimum atomic E-state index is -1.81. The molecule has 2 heterocycles. The van der Waals surface area contributed by atoms with Gasteiger partial charge in [-0.1, -0.05) is 0 Å². The van der Waals surface area contributed by atoms with Gasteiger partial charge < -0.3 is 0 Å². The molecule has 17 heavy (non-hydrogen) atoms. The predicted molar refractivity (Wildman–Crippen MR) is 51.2 cm³/mol. The zero-order chi connectivity index (χ0) is 12.3. The van der Waals surface area contributed by atoms with Crippen LogP contribution in [0.2, 0.25) is 0 Å². The topological polar surface area (TPSA) is 36.9 Å². The first kappa shape index (κ1) is 11.8. The Morgan fingerprint density at radius 2 is 1.65 bits per heavy atom. The Kier molecular flexibility index (Phi) is 3.23. The van der Waals surface area contributed by atoms with Crippen molar-refractivity contribution in [3.8, 4) is 0 Å². The van der Waals surface area contributed by atoms with Gasteiger partial charge in [0.15, 0.2) is 0 Å². The van der Waals surface area contributed by atoms with E-state index in [2.05, 4.69) is 6.58 Å². The van der Waals surface area contributed by atoms with Crippen LogP contribution < -0.4 is 0 Å². The van der Waals surface area contributed by atoms with Crippen molar-refractivity contribution in [2.45, 2.75) is 13.1 Å². The summed E-state index contributed by atoms with van der Waals surface area (Å²) in [6.07, 6.45) is 1.17. The molecule has 0 N–H and O–H groups in total. The van der Waals surface area contributed by atoms with Gasteiger partial charge in [-0.3, -0.25) is 0 Å². The number of hydrogen-bond donors (Lipinski definition) is 0. The summed E-state index contributed by atoms with van der Waals surface area (Å²) in [7, 11) is 0. The van der Waals surface area contributed by atoms with Gasteiger partial charge in [-0.15, -0.1) is 0 Å². The van der Waals surface area contributed by atoms with E-state index in [-0.39, 0.29) is 5.41 Å². The molecule has 0 atom stereocenters. The van der Waals surface area contributed by atoms with Crippen LogP contribution in [0.15, 0.2) is 12.7 Å². The van der Waals surface area contributed by atoms with Crippen LogP contribution in [0.25, 0.3) is 0 Å². The molecule has 2 rings (SSSR count). The third-order valence-corrected chi connectivity index (χ3v) is 4.54. The third-order valence-electron chi connectivity index (χ3n) is 2.46. The summed E-state index contributed by atoms with van der Waals surface area (Å²) in [6.45, 7) is 2.86. The van der Waals surface area contributed by atoms with E-state index >= 15 is 0 Å². The molecule has 4 nitrogen and oxygen atoms in total. The Bertz CT molecular complexity index is 301. The molecule has 0 aromatic heterocycles. The van der Waals surface area contributed by atoms with Gasteiger partial charge in [-0.2, -0.15) is 0 Å². The molecule has 0 aromatic carbocycles.